The predicted molar refractivity (Wildman–Crippen MR) is 122 cm³/mol. The summed E-state index contributed by atoms with van der Waals surface area (Å²) in [7, 11) is 0. The van der Waals surface area contributed by atoms with Crippen LogP contribution in [-0.4, -0.2) is 63.5 Å². The number of hydrogen-bond acceptors (Lipinski definition) is 7. The van der Waals surface area contributed by atoms with Crippen molar-refractivity contribution < 1.29 is 33.9 Å². The number of carboxylic acid groups (broad SMARTS) is 1. The Morgan fingerprint density at radius 1 is 1.11 bits per heavy atom. The Morgan fingerprint density at radius 2 is 1.77 bits per heavy atom. The third kappa shape index (κ3) is 4.24. The molecule has 2 aromatic carbocycles. The molecule has 1 fully saturated rings. The van der Waals surface area contributed by atoms with E-state index in [0.717, 1.165) is 22.3 Å². The van der Waals surface area contributed by atoms with Gasteiger partial charge in [-0.15, -0.1) is 0 Å². The number of benzene rings is 2. The molecule has 2 heterocycles. The zero-order chi connectivity index (χ0) is 24.6. The minimum Gasteiger partial charge on any atom is -0.479 e. The van der Waals surface area contributed by atoms with Crippen LogP contribution in [0.3, 0.4) is 0 Å². The monoisotopic (exact) mass is 477 g/mol. The van der Waals surface area contributed by atoms with Crippen molar-refractivity contribution in [3.8, 4) is 11.1 Å². The topological polar surface area (TPSA) is 142 Å². The molecule has 5 rings (SSSR count). The van der Waals surface area contributed by atoms with Crippen LogP contribution >= 0.6 is 0 Å². The predicted octanol–water partition coefficient (Wildman–Crippen LogP) is 2.37. The number of aliphatic carboxylic acids is 1. The quantitative estimate of drug-likeness (QED) is 0.491. The van der Waals surface area contributed by atoms with Crippen LogP contribution in [0, 0.1) is 0 Å². The molecule has 180 valence electrons. The molecule has 3 aromatic rings. The second kappa shape index (κ2) is 8.88. The fraction of sp³-hybridized carbons (Fsp3) is 0.280. The first-order valence-electron chi connectivity index (χ1n) is 11.2. The highest BCUT2D eigenvalue weighted by Gasteiger charge is 2.45. The number of ether oxygens (including phenoxy) is 1. The van der Waals surface area contributed by atoms with Gasteiger partial charge in [-0.1, -0.05) is 53.7 Å². The van der Waals surface area contributed by atoms with Crippen molar-refractivity contribution in [2.24, 2.45) is 0 Å². The van der Waals surface area contributed by atoms with Crippen LogP contribution in [0.2, 0.25) is 0 Å². The smallest absolute Gasteiger partial charge is 0.407 e. The number of carboxylic acids is 1. The molecule has 2 aliphatic rings. The largest absolute Gasteiger partial charge is 0.479 e. The summed E-state index contributed by atoms with van der Waals surface area (Å²) in [5.74, 6) is -1.76. The zero-order valence-corrected chi connectivity index (χ0v) is 18.6. The van der Waals surface area contributed by atoms with Gasteiger partial charge in [-0.2, -0.15) is 0 Å². The van der Waals surface area contributed by atoms with Gasteiger partial charge in [0.15, 0.2) is 17.1 Å². The fourth-order valence-electron chi connectivity index (χ4n) is 4.61. The normalized spacial score (nSPS) is 18.7. The number of carbonyl (C=O) groups is 3. The molecule has 2 amide bonds. The number of nitrogens with one attached hydrogen (secondary N) is 1. The number of fused-ring (bicyclic) bond motifs is 3. The number of alkyl carbamates (subject to hydrolysis) is 1. The summed E-state index contributed by atoms with van der Waals surface area (Å²) in [6, 6.07) is 17.4. The first-order valence-corrected chi connectivity index (χ1v) is 11.2. The summed E-state index contributed by atoms with van der Waals surface area (Å²) in [5, 5.41) is 25.4. The highest BCUT2D eigenvalue weighted by atomic mass is 16.5. The van der Waals surface area contributed by atoms with Crippen molar-refractivity contribution in [1.82, 2.24) is 15.4 Å². The van der Waals surface area contributed by atoms with Gasteiger partial charge in [0.2, 0.25) is 0 Å². The summed E-state index contributed by atoms with van der Waals surface area (Å²) in [4.78, 5) is 37.2. The molecule has 0 saturated carbocycles. The molecule has 10 nitrogen and oxygen atoms in total. The number of β-amino-alcohol motifs (C(OH)–C–C–N with tert-alkyl or cyclic N) is 1. The van der Waals surface area contributed by atoms with Crippen molar-refractivity contribution in [3.05, 3.63) is 77.2 Å². The number of hydrogen-bond donors (Lipinski definition) is 3. The van der Waals surface area contributed by atoms with Crippen molar-refractivity contribution in [2.45, 2.75) is 24.5 Å². The molecule has 3 N–H and O–H groups in total. The molecule has 1 unspecified atom stereocenters. The van der Waals surface area contributed by atoms with Gasteiger partial charge in [0, 0.05) is 24.9 Å². The Balaban J connectivity index is 1.15. The van der Waals surface area contributed by atoms with Gasteiger partial charge in [-0.3, -0.25) is 4.79 Å². The Bertz CT molecular complexity index is 1260. The van der Waals surface area contributed by atoms with Crippen LogP contribution in [-0.2, 0) is 16.1 Å². The van der Waals surface area contributed by atoms with Crippen LogP contribution in [0.25, 0.3) is 11.1 Å². The second-order valence-electron chi connectivity index (χ2n) is 8.67. The van der Waals surface area contributed by atoms with Crippen LogP contribution < -0.4 is 5.32 Å². The first-order chi connectivity index (χ1) is 16.9. The molecule has 1 saturated heterocycles. The van der Waals surface area contributed by atoms with Gasteiger partial charge in [0.05, 0.1) is 13.1 Å². The highest BCUT2D eigenvalue weighted by Crippen LogP contribution is 2.44. The molecule has 1 aliphatic heterocycles. The van der Waals surface area contributed by atoms with Crippen LogP contribution in [0.1, 0.15) is 39.7 Å². The van der Waals surface area contributed by atoms with E-state index in [2.05, 4.69) is 22.6 Å². The van der Waals surface area contributed by atoms with E-state index >= 15 is 0 Å². The second-order valence-corrected chi connectivity index (χ2v) is 8.67. The lowest BCUT2D eigenvalue weighted by Crippen LogP contribution is -2.42. The molecule has 1 atom stereocenters. The van der Waals surface area contributed by atoms with Gasteiger partial charge >= 0.3 is 12.1 Å². The van der Waals surface area contributed by atoms with Gasteiger partial charge in [-0.25, -0.2) is 9.59 Å². The summed E-state index contributed by atoms with van der Waals surface area (Å²) < 4.78 is 10.6. The Labute approximate surface area is 200 Å². The zero-order valence-electron chi connectivity index (χ0n) is 18.6. The lowest BCUT2D eigenvalue weighted by atomic mass is 9.98. The minimum atomic E-state index is -1.96. The van der Waals surface area contributed by atoms with Crippen molar-refractivity contribution in [1.29, 1.82) is 0 Å². The Hall–Kier alpha value is -4.18. The van der Waals surface area contributed by atoms with Crippen molar-refractivity contribution >= 4 is 18.0 Å². The van der Waals surface area contributed by atoms with Gasteiger partial charge < -0.3 is 29.7 Å². The number of aliphatic hydroxyl groups is 1. The minimum absolute atomic E-state index is 0.0380. The SMILES string of the molecule is O=C(NCc1cc(C(=O)N2CCC(O)(C(=O)O)C2)no1)OCC1c2ccccc2-c2ccccc21. The molecule has 0 bridgehead atoms. The number of carbonyl (C=O) groups excluding carboxylic acids is 2. The third-order valence-corrected chi connectivity index (χ3v) is 6.46. The lowest BCUT2D eigenvalue weighted by Gasteiger charge is -2.18. The van der Waals surface area contributed by atoms with E-state index < -0.39 is 23.6 Å². The van der Waals surface area contributed by atoms with E-state index in [9.17, 15) is 19.5 Å². The Morgan fingerprint density at radius 3 is 2.40 bits per heavy atom. The summed E-state index contributed by atoms with van der Waals surface area (Å²) in [5.41, 5.74) is 2.48. The van der Waals surface area contributed by atoms with E-state index in [1.807, 2.05) is 36.4 Å². The lowest BCUT2D eigenvalue weighted by molar-refractivity contribution is -0.156. The fourth-order valence-corrected chi connectivity index (χ4v) is 4.61. The maximum atomic E-state index is 12.5. The molecular weight excluding hydrogens is 454 g/mol. The van der Waals surface area contributed by atoms with E-state index in [1.165, 1.54) is 11.0 Å². The standard InChI is InChI=1S/C25H23N3O7/c29-22(28-10-9-25(33,14-28)23(30)31)21-11-15(35-27-21)12-26-24(32)34-13-20-18-7-3-1-5-16(18)17-6-2-4-8-19(17)20/h1-8,11,20,33H,9-10,12-14H2,(H,26,32)(H,30,31). The van der Waals surface area contributed by atoms with Crippen molar-refractivity contribution in [3.63, 3.8) is 0 Å². The summed E-state index contributed by atoms with van der Waals surface area (Å²) in [6.45, 7) is -0.124. The average molecular weight is 477 g/mol. The summed E-state index contributed by atoms with van der Waals surface area (Å²) >= 11 is 0. The van der Waals surface area contributed by atoms with Crippen LogP contribution in [0.4, 0.5) is 4.79 Å². The number of aromatic nitrogens is 1. The van der Waals surface area contributed by atoms with E-state index in [0.29, 0.717) is 0 Å². The molecule has 1 aliphatic carbocycles. The van der Waals surface area contributed by atoms with Crippen molar-refractivity contribution in [2.75, 3.05) is 19.7 Å². The molecule has 0 radical (unpaired) electrons. The van der Waals surface area contributed by atoms with E-state index in [1.54, 1.807) is 0 Å². The first kappa shape index (κ1) is 22.6. The highest BCUT2D eigenvalue weighted by molar-refractivity contribution is 5.93. The number of nitrogens with zero attached hydrogens (tertiary/aromatic N) is 2. The number of amides is 2. The van der Waals surface area contributed by atoms with Gasteiger partial charge in [-0.05, 0) is 22.3 Å². The van der Waals surface area contributed by atoms with Crippen LogP contribution in [0.5, 0.6) is 0 Å². The van der Waals surface area contributed by atoms with Gasteiger partial charge in [0.1, 0.15) is 6.61 Å². The average Bonchev–Trinajstić information content (AvgIpc) is 3.58. The molecule has 1 aromatic heterocycles. The molecule has 0 spiro atoms. The molecular formula is C25H23N3O7. The van der Waals surface area contributed by atoms with Gasteiger partial charge in [0.25, 0.3) is 5.91 Å². The van der Waals surface area contributed by atoms with Crippen LogP contribution in [0.15, 0.2) is 59.1 Å². The summed E-state index contributed by atoms with van der Waals surface area (Å²) in [6.07, 6.45) is -0.704. The molecule has 35 heavy (non-hydrogen) atoms. The number of likely N-dealkylation sites (tertiary alicyclic amines) is 1. The molecule has 10 heteroatoms. The third-order valence-electron chi connectivity index (χ3n) is 6.46. The Kier molecular flexibility index (Phi) is 5.73. The van der Waals surface area contributed by atoms with E-state index in [-0.39, 0.29) is 50.0 Å². The van der Waals surface area contributed by atoms with E-state index in [4.69, 9.17) is 14.4 Å². The number of rotatable bonds is 6. The maximum Gasteiger partial charge on any atom is 0.407 e. The maximum absolute atomic E-state index is 12.5.